The van der Waals surface area contributed by atoms with Crippen molar-refractivity contribution in [2.24, 2.45) is 0 Å². The maximum Gasteiger partial charge on any atom is -0.00262 e. The summed E-state index contributed by atoms with van der Waals surface area (Å²) in [6, 6.07) is 72.5. The Labute approximate surface area is 293 Å². The Morgan fingerprint density at radius 3 is 1.38 bits per heavy atom. The van der Waals surface area contributed by atoms with Crippen LogP contribution in [0.3, 0.4) is 0 Å². The quantitative estimate of drug-likeness (QED) is 0.126. The van der Waals surface area contributed by atoms with Gasteiger partial charge < -0.3 is 0 Å². The highest BCUT2D eigenvalue weighted by atomic mass is 14.2. The molecule has 0 fully saturated rings. The standard InChI is InChI=1S/C50H34/c1-3-15-37(16-4-1)48(38-17-5-2-6-18-38)33-35-29-31-39(32-30-35)49-44-24-9-11-26-46(44)50(47-27-12-10-25-45(47)49)41-22-13-21-40(34-41)43-28-14-20-36-19-7-8-23-42(36)43/h1-34H. The molecule has 0 nitrogen and oxygen atoms in total. The van der Waals surface area contributed by atoms with Gasteiger partial charge in [0.2, 0.25) is 0 Å². The fourth-order valence-corrected chi connectivity index (χ4v) is 7.55. The van der Waals surface area contributed by atoms with Crippen LogP contribution in [0.4, 0.5) is 0 Å². The number of fused-ring (bicyclic) bond motifs is 3. The molecule has 9 aromatic carbocycles. The Kier molecular flexibility index (Phi) is 7.61. The van der Waals surface area contributed by atoms with E-state index >= 15 is 0 Å². The first-order valence-corrected chi connectivity index (χ1v) is 17.3. The molecule has 0 bridgehead atoms. The minimum atomic E-state index is 1.17. The molecule has 0 atom stereocenters. The van der Waals surface area contributed by atoms with Crippen LogP contribution < -0.4 is 0 Å². The molecule has 0 saturated carbocycles. The number of hydrogen-bond donors (Lipinski definition) is 0. The lowest BCUT2D eigenvalue weighted by molar-refractivity contribution is 1.55. The second-order valence-electron chi connectivity index (χ2n) is 12.9. The lowest BCUT2D eigenvalue weighted by atomic mass is 9.85. The second kappa shape index (κ2) is 12.8. The minimum Gasteiger partial charge on any atom is -0.0622 e. The van der Waals surface area contributed by atoms with Gasteiger partial charge in [0, 0.05) is 0 Å². The highest BCUT2D eigenvalue weighted by Crippen LogP contribution is 2.44. The summed E-state index contributed by atoms with van der Waals surface area (Å²) >= 11 is 0. The largest absolute Gasteiger partial charge is 0.0622 e. The molecule has 0 saturated heterocycles. The Balaban J connectivity index is 1.19. The smallest absolute Gasteiger partial charge is 0.00262 e. The molecule has 0 aromatic heterocycles. The summed E-state index contributed by atoms with van der Waals surface area (Å²) in [4.78, 5) is 0. The fraction of sp³-hybridized carbons (Fsp3) is 0. The molecule has 234 valence electrons. The van der Waals surface area contributed by atoms with Gasteiger partial charge in [-0.2, -0.15) is 0 Å². The Hall–Kier alpha value is -6.50. The van der Waals surface area contributed by atoms with Crippen molar-refractivity contribution in [1.29, 1.82) is 0 Å². The molecule has 0 radical (unpaired) electrons. The van der Waals surface area contributed by atoms with Crippen molar-refractivity contribution in [3.8, 4) is 33.4 Å². The molecule has 0 heteroatoms. The van der Waals surface area contributed by atoms with Gasteiger partial charge in [0.25, 0.3) is 0 Å². The van der Waals surface area contributed by atoms with E-state index in [9.17, 15) is 0 Å². The van der Waals surface area contributed by atoms with Crippen molar-refractivity contribution in [2.45, 2.75) is 0 Å². The zero-order valence-electron chi connectivity index (χ0n) is 27.6. The molecular weight excluding hydrogens is 601 g/mol. The van der Waals surface area contributed by atoms with Crippen LogP contribution in [0, 0.1) is 0 Å². The first kappa shape index (κ1) is 29.6. The lowest BCUT2D eigenvalue weighted by Crippen LogP contribution is -1.91. The van der Waals surface area contributed by atoms with E-state index in [1.165, 1.54) is 88.0 Å². The first-order chi connectivity index (χ1) is 24.8. The Morgan fingerprint density at radius 2 is 0.780 bits per heavy atom. The highest BCUT2D eigenvalue weighted by molar-refractivity contribution is 6.21. The van der Waals surface area contributed by atoms with Crippen LogP contribution in [0.5, 0.6) is 0 Å². The van der Waals surface area contributed by atoms with Crippen molar-refractivity contribution in [3.05, 3.63) is 217 Å². The zero-order valence-corrected chi connectivity index (χ0v) is 27.6. The molecule has 0 heterocycles. The lowest BCUT2D eigenvalue weighted by Gasteiger charge is -2.18. The van der Waals surface area contributed by atoms with E-state index in [4.69, 9.17) is 0 Å². The van der Waals surface area contributed by atoms with Crippen LogP contribution >= 0.6 is 0 Å². The molecule has 0 amide bonds. The predicted octanol–water partition coefficient (Wildman–Crippen LogP) is 13.7. The summed E-state index contributed by atoms with van der Waals surface area (Å²) in [5.41, 5.74) is 12.3. The number of benzene rings is 9. The summed E-state index contributed by atoms with van der Waals surface area (Å²) in [5, 5.41) is 7.57. The molecule has 0 aliphatic heterocycles. The summed E-state index contributed by atoms with van der Waals surface area (Å²) in [6.07, 6.45) is 2.30. The predicted molar refractivity (Wildman–Crippen MR) is 215 cm³/mol. The van der Waals surface area contributed by atoms with Gasteiger partial charge in [-0.1, -0.05) is 194 Å². The van der Waals surface area contributed by atoms with Crippen LogP contribution in [0.25, 0.3) is 77.3 Å². The third-order valence-electron chi connectivity index (χ3n) is 9.86. The summed E-state index contributed by atoms with van der Waals surface area (Å²) in [7, 11) is 0. The van der Waals surface area contributed by atoms with E-state index in [1.54, 1.807) is 0 Å². The third-order valence-corrected chi connectivity index (χ3v) is 9.86. The van der Waals surface area contributed by atoms with Gasteiger partial charge in [-0.3, -0.25) is 0 Å². The maximum absolute atomic E-state index is 2.37. The fourth-order valence-electron chi connectivity index (χ4n) is 7.55. The van der Waals surface area contributed by atoms with Crippen LogP contribution in [-0.4, -0.2) is 0 Å². The molecular formula is C50H34. The normalized spacial score (nSPS) is 11.2. The molecule has 0 aliphatic carbocycles. The van der Waals surface area contributed by atoms with E-state index in [1.807, 2.05) is 0 Å². The molecule has 0 unspecified atom stereocenters. The topological polar surface area (TPSA) is 0 Å². The van der Waals surface area contributed by atoms with Gasteiger partial charge in [0.15, 0.2) is 0 Å². The van der Waals surface area contributed by atoms with Crippen molar-refractivity contribution in [3.63, 3.8) is 0 Å². The SMILES string of the molecule is C(=C(c1ccccc1)c1ccccc1)c1ccc(-c2c3ccccc3c(-c3cccc(-c4cccc5ccccc45)c3)c3ccccc23)cc1. The average molecular weight is 635 g/mol. The zero-order chi connectivity index (χ0) is 33.3. The summed E-state index contributed by atoms with van der Waals surface area (Å²) in [5.74, 6) is 0. The summed E-state index contributed by atoms with van der Waals surface area (Å²) < 4.78 is 0. The van der Waals surface area contributed by atoms with E-state index < -0.39 is 0 Å². The van der Waals surface area contributed by atoms with Gasteiger partial charge in [0.1, 0.15) is 0 Å². The van der Waals surface area contributed by atoms with E-state index in [2.05, 4.69) is 206 Å². The Morgan fingerprint density at radius 1 is 0.320 bits per heavy atom. The number of hydrogen-bond acceptors (Lipinski definition) is 0. The van der Waals surface area contributed by atoms with Crippen molar-refractivity contribution in [2.75, 3.05) is 0 Å². The molecule has 50 heavy (non-hydrogen) atoms. The average Bonchev–Trinajstić information content (AvgIpc) is 3.20. The van der Waals surface area contributed by atoms with Crippen LogP contribution in [0.2, 0.25) is 0 Å². The summed E-state index contributed by atoms with van der Waals surface area (Å²) in [6.45, 7) is 0. The molecule has 0 spiro atoms. The van der Waals surface area contributed by atoms with E-state index in [-0.39, 0.29) is 0 Å². The van der Waals surface area contributed by atoms with Gasteiger partial charge in [-0.15, -0.1) is 0 Å². The molecule has 0 aliphatic rings. The minimum absolute atomic E-state index is 1.17. The Bertz CT molecular complexity index is 2560. The molecule has 0 N–H and O–H groups in total. The van der Waals surface area contributed by atoms with Gasteiger partial charge in [-0.05, 0) is 100 Å². The van der Waals surface area contributed by atoms with Crippen LogP contribution in [0.1, 0.15) is 16.7 Å². The first-order valence-electron chi connectivity index (χ1n) is 17.3. The molecule has 9 rings (SSSR count). The highest BCUT2D eigenvalue weighted by Gasteiger charge is 2.17. The third kappa shape index (κ3) is 5.38. The molecule has 9 aromatic rings. The van der Waals surface area contributed by atoms with Crippen molar-refractivity contribution in [1.82, 2.24) is 0 Å². The van der Waals surface area contributed by atoms with E-state index in [0.29, 0.717) is 0 Å². The van der Waals surface area contributed by atoms with Crippen molar-refractivity contribution < 1.29 is 0 Å². The maximum atomic E-state index is 2.37. The second-order valence-corrected chi connectivity index (χ2v) is 12.9. The van der Waals surface area contributed by atoms with Crippen LogP contribution in [0.15, 0.2) is 200 Å². The number of rotatable bonds is 6. The monoisotopic (exact) mass is 634 g/mol. The van der Waals surface area contributed by atoms with E-state index in [0.717, 1.165) is 0 Å². The van der Waals surface area contributed by atoms with Gasteiger partial charge >= 0.3 is 0 Å². The van der Waals surface area contributed by atoms with Gasteiger partial charge in [0.05, 0.1) is 0 Å². The van der Waals surface area contributed by atoms with Crippen LogP contribution in [-0.2, 0) is 0 Å². The van der Waals surface area contributed by atoms with Gasteiger partial charge in [-0.25, -0.2) is 0 Å². The van der Waals surface area contributed by atoms with Crippen molar-refractivity contribution >= 4 is 44.0 Å².